The summed E-state index contributed by atoms with van der Waals surface area (Å²) in [6.45, 7) is 6.56. The van der Waals surface area contributed by atoms with Crippen LogP contribution in [0.1, 0.15) is 33.6 Å². The van der Waals surface area contributed by atoms with Crippen molar-refractivity contribution in [3.05, 3.63) is 54.4 Å². The minimum atomic E-state index is -1.21. The Morgan fingerprint density at radius 1 is 1.14 bits per heavy atom. The van der Waals surface area contributed by atoms with Gasteiger partial charge in [0.15, 0.2) is 11.6 Å². The first-order chi connectivity index (χ1) is 17.1. The van der Waals surface area contributed by atoms with E-state index >= 15 is 0 Å². The van der Waals surface area contributed by atoms with Crippen LogP contribution in [0.4, 0.5) is 25.2 Å². The van der Waals surface area contributed by atoms with Gasteiger partial charge >= 0.3 is 6.09 Å². The lowest BCUT2D eigenvalue weighted by Crippen LogP contribution is -2.47. The van der Waals surface area contributed by atoms with Crippen molar-refractivity contribution in [1.82, 2.24) is 19.9 Å². The zero-order valence-electron chi connectivity index (χ0n) is 20.3. The molecule has 3 N–H and O–H groups in total. The van der Waals surface area contributed by atoms with Gasteiger partial charge in [0.05, 0.1) is 16.9 Å². The van der Waals surface area contributed by atoms with Crippen LogP contribution < -0.4 is 15.8 Å². The standard InChI is InChI=1S/C25H28F2N6O3/c1-25(2,3)36-24(34)33-13-5-6-15(14-33)31-23-30-12-10-18(32-23)16-7-4-11-29-22(16)35-19-9-8-17(28)20(26)21(19)27/h4,7-12,15H,5-6,13-14,28H2,1-3H3,(H,30,31,32)/t15-/m0/s1. The lowest BCUT2D eigenvalue weighted by atomic mass is 10.1. The fraction of sp³-hybridized carbons (Fsp3) is 0.360. The summed E-state index contributed by atoms with van der Waals surface area (Å²) >= 11 is 0. The van der Waals surface area contributed by atoms with Crippen molar-refractivity contribution < 1.29 is 23.0 Å². The maximum Gasteiger partial charge on any atom is 0.410 e. The molecule has 0 radical (unpaired) electrons. The molecule has 1 aliphatic heterocycles. The Morgan fingerprint density at radius 2 is 1.94 bits per heavy atom. The molecule has 1 amide bonds. The zero-order chi connectivity index (χ0) is 25.9. The van der Waals surface area contributed by atoms with Gasteiger partial charge in [-0.05, 0) is 63.9 Å². The highest BCUT2D eigenvalue weighted by atomic mass is 19.2. The molecule has 0 aliphatic carbocycles. The molecule has 4 rings (SSSR count). The van der Waals surface area contributed by atoms with Gasteiger partial charge in [-0.15, -0.1) is 0 Å². The third-order valence-corrected chi connectivity index (χ3v) is 5.39. The van der Waals surface area contributed by atoms with Crippen LogP contribution in [0.5, 0.6) is 11.6 Å². The molecule has 3 aromatic rings. The summed E-state index contributed by atoms with van der Waals surface area (Å²) in [4.78, 5) is 27.2. The van der Waals surface area contributed by atoms with Crippen molar-refractivity contribution >= 4 is 17.7 Å². The molecule has 11 heteroatoms. The molecule has 9 nitrogen and oxygen atoms in total. The predicted octanol–water partition coefficient (Wildman–Crippen LogP) is 5.00. The molecule has 190 valence electrons. The van der Waals surface area contributed by atoms with Gasteiger partial charge in [0, 0.05) is 31.5 Å². The number of likely N-dealkylation sites (tertiary alicyclic amines) is 1. The number of carbonyl (C=O) groups excluding carboxylic acids is 1. The van der Waals surface area contributed by atoms with E-state index in [0.717, 1.165) is 12.8 Å². The van der Waals surface area contributed by atoms with Crippen LogP contribution in [0.15, 0.2) is 42.7 Å². The van der Waals surface area contributed by atoms with Crippen LogP contribution in [-0.4, -0.2) is 50.7 Å². The molecular formula is C25H28F2N6O3. The number of carbonyl (C=O) groups is 1. The number of aromatic nitrogens is 3. The smallest absolute Gasteiger partial charge is 0.410 e. The van der Waals surface area contributed by atoms with Crippen LogP contribution in [0.2, 0.25) is 0 Å². The van der Waals surface area contributed by atoms with E-state index in [4.69, 9.17) is 15.2 Å². The van der Waals surface area contributed by atoms with Crippen molar-refractivity contribution in [3.63, 3.8) is 0 Å². The number of rotatable bonds is 5. The minimum Gasteiger partial charge on any atom is -0.444 e. The van der Waals surface area contributed by atoms with Crippen molar-refractivity contribution in [2.45, 2.75) is 45.3 Å². The average molecular weight is 499 g/mol. The van der Waals surface area contributed by atoms with Gasteiger partial charge in [-0.25, -0.2) is 24.1 Å². The molecule has 0 unspecified atom stereocenters. The number of benzene rings is 1. The number of hydrogen-bond donors (Lipinski definition) is 2. The highest BCUT2D eigenvalue weighted by molar-refractivity contribution is 5.68. The quantitative estimate of drug-likeness (QED) is 0.472. The first-order valence-electron chi connectivity index (χ1n) is 11.5. The summed E-state index contributed by atoms with van der Waals surface area (Å²) in [6.07, 6.45) is 4.32. The molecule has 1 atom stereocenters. The third kappa shape index (κ3) is 5.96. The van der Waals surface area contributed by atoms with Gasteiger partial charge in [-0.2, -0.15) is 4.39 Å². The van der Waals surface area contributed by atoms with Gasteiger partial charge in [-0.1, -0.05) is 0 Å². The normalized spacial score (nSPS) is 15.9. The number of piperidine rings is 1. The molecule has 1 aliphatic rings. The van der Waals surface area contributed by atoms with Gasteiger partial charge in [0.1, 0.15) is 5.60 Å². The third-order valence-electron chi connectivity index (χ3n) is 5.39. The number of halogens is 2. The molecule has 0 bridgehead atoms. The van der Waals surface area contributed by atoms with Crippen LogP contribution in [0.25, 0.3) is 11.3 Å². The summed E-state index contributed by atoms with van der Waals surface area (Å²) in [5.74, 6) is -2.35. The molecular weight excluding hydrogens is 470 g/mol. The van der Waals surface area contributed by atoms with E-state index in [1.807, 2.05) is 20.8 Å². The molecule has 36 heavy (non-hydrogen) atoms. The molecule has 0 saturated carbocycles. The molecule has 1 saturated heterocycles. The Hall–Kier alpha value is -4.02. The number of pyridine rings is 1. The minimum absolute atomic E-state index is 0.0407. The number of nitrogens with one attached hydrogen (secondary N) is 1. The van der Waals surface area contributed by atoms with Crippen LogP contribution in [0, 0.1) is 11.6 Å². The maximum atomic E-state index is 14.3. The van der Waals surface area contributed by atoms with Gasteiger partial charge < -0.3 is 25.4 Å². The topological polar surface area (TPSA) is 115 Å². The summed E-state index contributed by atoms with van der Waals surface area (Å²) < 4.78 is 39.3. The predicted molar refractivity (Wildman–Crippen MR) is 131 cm³/mol. The number of ether oxygens (including phenoxy) is 2. The second-order valence-electron chi connectivity index (χ2n) is 9.41. The zero-order valence-corrected chi connectivity index (χ0v) is 20.3. The Labute approximate surface area is 207 Å². The van der Waals surface area contributed by atoms with Crippen molar-refractivity contribution in [1.29, 1.82) is 0 Å². The fourth-order valence-electron chi connectivity index (χ4n) is 3.74. The van der Waals surface area contributed by atoms with Crippen molar-refractivity contribution in [2.75, 3.05) is 24.1 Å². The number of anilines is 2. The highest BCUT2D eigenvalue weighted by Gasteiger charge is 2.28. The molecule has 3 heterocycles. The number of nitrogens with two attached hydrogens (primary N) is 1. The lowest BCUT2D eigenvalue weighted by Gasteiger charge is -2.34. The van der Waals surface area contributed by atoms with E-state index in [-0.39, 0.29) is 29.5 Å². The van der Waals surface area contributed by atoms with E-state index in [2.05, 4.69) is 20.3 Å². The van der Waals surface area contributed by atoms with E-state index in [1.165, 1.54) is 18.3 Å². The molecule has 1 aromatic carbocycles. The van der Waals surface area contributed by atoms with E-state index < -0.39 is 17.2 Å². The first kappa shape index (κ1) is 25.1. The van der Waals surface area contributed by atoms with Gasteiger partial charge in [-0.3, -0.25) is 0 Å². The van der Waals surface area contributed by atoms with Crippen LogP contribution in [0.3, 0.4) is 0 Å². The second kappa shape index (κ2) is 10.3. The fourth-order valence-corrected chi connectivity index (χ4v) is 3.74. The Balaban J connectivity index is 1.51. The summed E-state index contributed by atoms with van der Waals surface area (Å²) in [5, 5.41) is 3.27. The molecule has 0 spiro atoms. The Kier molecular flexibility index (Phi) is 7.18. The van der Waals surface area contributed by atoms with Crippen molar-refractivity contribution in [2.24, 2.45) is 0 Å². The Bertz CT molecular complexity index is 1250. The first-order valence-corrected chi connectivity index (χ1v) is 11.5. The number of nitrogens with zero attached hydrogens (tertiary/aromatic N) is 4. The molecule has 2 aromatic heterocycles. The highest BCUT2D eigenvalue weighted by Crippen LogP contribution is 2.33. The summed E-state index contributed by atoms with van der Waals surface area (Å²) in [5.41, 5.74) is 5.44. The number of amides is 1. The largest absolute Gasteiger partial charge is 0.444 e. The average Bonchev–Trinajstić information content (AvgIpc) is 2.84. The maximum absolute atomic E-state index is 14.3. The van der Waals surface area contributed by atoms with Crippen LogP contribution in [-0.2, 0) is 4.74 Å². The summed E-state index contributed by atoms with van der Waals surface area (Å²) in [7, 11) is 0. The Morgan fingerprint density at radius 3 is 2.72 bits per heavy atom. The summed E-state index contributed by atoms with van der Waals surface area (Å²) in [6, 6.07) is 7.41. The lowest BCUT2D eigenvalue weighted by molar-refractivity contribution is 0.0206. The van der Waals surface area contributed by atoms with Crippen molar-refractivity contribution in [3.8, 4) is 22.9 Å². The number of hydrogen-bond acceptors (Lipinski definition) is 8. The van der Waals surface area contributed by atoms with E-state index in [0.29, 0.717) is 30.3 Å². The van der Waals surface area contributed by atoms with Gasteiger partial charge in [0.25, 0.3) is 0 Å². The van der Waals surface area contributed by atoms with E-state index in [9.17, 15) is 13.6 Å². The second-order valence-corrected chi connectivity index (χ2v) is 9.41. The number of nitrogen functional groups attached to an aromatic ring is 1. The van der Waals surface area contributed by atoms with Gasteiger partial charge in [0.2, 0.25) is 17.6 Å². The van der Waals surface area contributed by atoms with Crippen LogP contribution >= 0.6 is 0 Å². The SMILES string of the molecule is CC(C)(C)OC(=O)N1CCC[C@H](Nc2nccc(-c3cccnc3Oc3ccc(N)c(F)c3F)n2)C1. The molecule has 1 fully saturated rings. The monoisotopic (exact) mass is 498 g/mol. The van der Waals surface area contributed by atoms with E-state index in [1.54, 1.807) is 29.3 Å².